The maximum Gasteiger partial charge on any atom is 0.0555 e. The number of hydrogen-bond acceptors (Lipinski definition) is 2. The minimum absolute atomic E-state index is 0.0700. The van der Waals surface area contributed by atoms with E-state index in [0.717, 1.165) is 31.3 Å². The highest BCUT2D eigenvalue weighted by atomic mass is 16.3. The van der Waals surface area contributed by atoms with Crippen molar-refractivity contribution < 1.29 is 5.11 Å². The number of aliphatic hydroxyl groups excluding tert-OH is 1. The number of rotatable bonds is 5. The molecule has 0 aromatic rings. The lowest BCUT2D eigenvalue weighted by Crippen LogP contribution is -2.53. The topological polar surface area (TPSA) is 23.5 Å². The van der Waals surface area contributed by atoms with Crippen LogP contribution in [-0.4, -0.2) is 34.7 Å². The van der Waals surface area contributed by atoms with Crippen molar-refractivity contribution in [2.24, 2.45) is 11.3 Å². The standard InChI is InChI=1S/C18H35NO/c1-5-18(3,4)16-12-11-15(20)13-17(16)19(6-2)14-9-7-8-10-14/h14-17,20H,5-13H2,1-4H3. The van der Waals surface area contributed by atoms with Crippen LogP contribution in [0.3, 0.4) is 0 Å². The summed E-state index contributed by atoms with van der Waals surface area (Å²) >= 11 is 0. The molecule has 2 nitrogen and oxygen atoms in total. The maximum absolute atomic E-state index is 10.2. The number of nitrogens with zero attached hydrogens (tertiary/aromatic N) is 1. The highest BCUT2D eigenvalue weighted by molar-refractivity contribution is 4.95. The van der Waals surface area contributed by atoms with Crippen molar-refractivity contribution in [1.29, 1.82) is 0 Å². The van der Waals surface area contributed by atoms with Crippen molar-refractivity contribution in [2.45, 2.75) is 97.2 Å². The summed E-state index contributed by atoms with van der Waals surface area (Å²) in [5, 5.41) is 10.2. The van der Waals surface area contributed by atoms with Gasteiger partial charge in [0.05, 0.1) is 6.10 Å². The van der Waals surface area contributed by atoms with Crippen molar-refractivity contribution in [1.82, 2.24) is 4.90 Å². The number of aliphatic hydroxyl groups is 1. The van der Waals surface area contributed by atoms with E-state index in [0.29, 0.717) is 11.5 Å². The summed E-state index contributed by atoms with van der Waals surface area (Å²) < 4.78 is 0. The van der Waals surface area contributed by atoms with Gasteiger partial charge in [0.1, 0.15) is 0 Å². The normalized spacial score (nSPS) is 33.0. The Balaban J connectivity index is 2.17. The van der Waals surface area contributed by atoms with E-state index in [1.807, 2.05) is 0 Å². The van der Waals surface area contributed by atoms with Gasteiger partial charge in [-0.15, -0.1) is 0 Å². The fraction of sp³-hybridized carbons (Fsp3) is 1.00. The quantitative estimate of drug-likeness (QED) is 0.815. The fourth-order valence-corrected chi connectivity index (χ4v) is 4.66. The van der Waals surface area contributed by atoms with Gasteiger partial charge in [-0.05, 0) is 50.0 Å². The molecule has 2 saturated carbocycles. The molecule has 3 atom stereocenters. The summed E-state index contributed by atoms with van der Waals surface area (Å²) in [5.41, 5.74) is 0.400. The Hall–Kier alpha value is -0.0800. The van der Waals surface area contributed by atoms with E-state index in [2.05, 4.69) is 32.6 Å². The van der Waals surface area contributed by atoms with Gasteiger partial charge in [0.2, 0.25) is 0 Å². The molecule has 0 spiro atoms. The monoisotopic (exact) mass is 281 g/mol. The molecule has 0 heterocycles. The van der Waals surface area contributed by atoms with Crippen LogP contribution in [0.1, 0.15) is 79.1 Å². The molecule has 2 aliphatic rings. The lowest BCUT2D eigenvalue weighted by atomic mass is 9.66. The van der Waals surface area contributed by atoms with E-state index < -0.39 is 0 Å². The van der Waals surface area contributed by atoms with Crippen molar-refractivity contribution >= 4 is 0 Å². The Morgan fingerprint density at radius 2 is 1.70 bits per heavy atom. The van der Waals surface area contributed by atoms with Crippen LogP contribution in [-0.2, 0) is 0 Å². The van der Waals surface area contributed by atoms with E-state index >= 15 is 0 Å². The first-order valence-electron chi connectivity index (χ1n) is 8.93. The van der Waals surface area contributed by atoms with E-state index in [1.165, 1.54) is 38.5 Å². The Morgan fingerprint density at radius 1 is 1.05 bits per heavy atom. The van der Waals surface area contributed by atoms with Gasteiger partial charge in [0, 0.05) is 12.1 Å². The molecule has 0 radical (unpaired) electrons. The Labute approximate surface area is 125 Å². The van der Waals surface area contributed by atoms with Gasteiger partial charge in [-0.25, -0.2) is 0 Å². The van der Waals surface area contributed by atoms with Crippen LogP contribution in [0.15, 0.2) is 0 Å². The molecule has 0 amide bonds. The molecule has 3 unspecified atom stereocenters. The second-order valence-electron chi connectivity index (χ2n) is 7.75. The minimum atomic E-state index is -0.0700. The van der Waals surface area contributed by atoms with Crippen molar-refractivity contribution in [3.05, 3.63) is 0 Å². The van der Waals surface area contributed by atoms with Crippen molar-refractivity contribution in [2.75, 3.05) is 6.54 Å². The van der Waals surface area contributed by atoms with Crippen LogP contribution >= 0.6 is 0 Å². The van der Waals surface area contributed by atoms with Crippen molar-refractivity contribution in [3.63, 3.8) is 0 Å². The largest absolute Gasteiger partial charge is 0.393 e. The maximum atomic E-state index is 10.2. The lowest BCUT2D eigenvalue weighted by Gasteiger charge is -2.49. The van der Waals surface area contributed by atoms with Gasteiger partial charge in [-0.1, -0.05) is 47.0 Å². The third-order valence-electron chi connectivity index (χ3n) is 6.29. The first kappa shape index (κ1) is 16.3. The second-order valence-corrected chi connectivity index (χ2v) is 7.75. The molecule has 118 valence electrons. The van der Waals surface area contributed by atoms with Gasteiger partial charge in [-0.2, -0.15) is 0 Å². The summed E-state index contributed by atoms with van der Waals surface area (Å²) in [6.45, 7) is 10.7. The molecule has 20 heavy (non-hydrogen) atoms. The number of hydrogen-bond donors (Lipinski definition) is 1. The molecule has 2 fully saturated rings. The Bertz CT molecular complexity index is 296. The predicted octanol–water partition coefficient (Wildman–Crippen LogP) is 4.22. The van der Waals surface area contributed by atoms with E-state index in [4.69, 9.17) is 0 Å². The van der Waals surface area contributed by atoms with E-state index in [9.17, 15) is 5.11 Å². The van der Waals surface area contributed by atoms with Crippen LogP contribution in [0.5, 0.6) is 0 Å². The van der Waals surface area contributed by atoms with Crippen LogP contribution < -0.4 is 0 Å². The summed E-state index contributed by atoms with van der Waals surface area (Å²) in [6.07, 6.45) is 9.93. The van der Waals surface area contributed by atoms with Crippen LogP contribution in [0, 0.1) is 11.3 Å². The molecule has 2 heteroatoms. The average Bonchev–Trinajstić information content (AvgIpc) is 2.93. The zero-order valence-corrected chi connectivity index (χ0v) is 14.1. The molecule has 0 bridgehead atoms. The molecule has 1 N–H and O–H groups in total. The summed E-state index contributed by atoms with van der Waals surface area (Å²) in [4.78, 5) is 2.76. The SMILES string of the molecule is CCN(C1CCCC1)C1CC(O)CCC1C(C)(C)CC. The van der Waals surface area contributed by atoms with Gasteiger partial charge >= 0.3 is 0 Å². The molecule has 0 aromatic heterocycles. The van der Waals surface area contributed by atoms with Gasteiger partial charge < -0.3 is 5.11 Å². The molecule has 0 aromatic carbocycles. The third-order valence-corrected chi connectivity index (χ3v) is 6.29. The first-order valence-corrected chi connectivity index (χ1v) is 8.93. The molecular formula is C18H35NO. The zero-order chi connectivity index (χ0) is 14.8. The summed E-state index contributed by atoms with van der Waals surface area (Å²) in [6, 6.07) is 1.38. The molecule has 0 saturated heterocycles. The molecule has 0 aliphatic heterocycles. The summed E-state index contributed by atoms with van der Waals surface area (Å²) in [5.74, 6) is 0.747. The Morgan fingerprint density at radius 3 is 2.25 bits per heavy atom. The van der Waals surface area contributed by atoms with Crippen LogP contribution in [0.2, 0.25) is 0 Å². The van der Waals surface area contributed by atoms with Gasteiger partial charge in [0.15, 0.2) is 0 Å². The summed E-state index contributed by atoms with van der Waals surface area (Å²) in [7, 11) is 0. The van der Waals surface area contributed by atoms with Crippen LogP contribution in [0.4, 0.5) is 0 Å². The van der Waals surface area contributed by atoms with Crippen molar-refractivity contribution in [3.8, 4) is 0 Å². The average molecular weight is 281 g/mol. The molecule has 2 aliphatic carbocycles. The molecular weight excluding hydrogens is 246 g/mol. The van der Waals surface area contributed by atoms with Gasteiger partial charge in [-0.3, -0.25) is 4.90 Å². The zero-order valence-electron chi connectivity index (χ0n) is 14.1. The van der Waals surface area contributed by atoms with E-state index in [1.54, 1.807) is 0 Å². The Kier molecular flexibility index (Phi) is 5.53. The highest BCUT2D eigenvalue weighted by Crippen LogP contribution is 2.44. The molecule has 2 rings (SSSR count). The van der Waals surface area contributed by atoms with E-state index in [-0.39, 0.29) is 6.10 Å². The third kappa shape index (κ3) is 3.39. The predicted molar refractivity (Wildman–Crippen MR) is 85.8 cm³/mol. The fourth-order valence-electron chi connectivity index (χ4n) is 4.66. The van der Waals surface area contributed by atoms with Crippen LogP contribution in [0.25, 0.3) is 0 Å². The second kappa shape index (κ2) is 6.79. The first-order chi connectivity index (χ1) is 9.49. The highest BCUT2D eigenvalue weighted by Gasteiger charge is 2.42. The van der Waals surface area contributed by atoms with Gasteiger partial charge in [0.25, 0.3) is 0 Å². The minimum Gasteiger partial charge on any atom is -0.393 e. The lowest BCUT2D eigenvalue weighted by molar-refractivity contribution is -0.0313. The smallest absolute Gasteiger partial charge is 0.0555 e.